The summed E-state index contributed by atoms with van der Waals surface area (Å²) in [6.07, 6.45) is 12.4. The summed E-state index contributed by atoms with van der Waals surface area (Å²) in [6.45, 7) is 8.60. The third-order valence-electron chi connectivity index (χ3n) is 1.89. The van der Waals surface area contributed by atoms with Gasteiger partial charge in [-0.15, -0.1) is 0 Å². The maximum absolute atomic E-state index is 4.13. The molecule has 1 rings (SSSR count). The number of hydrogen-bond donors (Lipinski definition) is 0. The van der Waals surface area contributed by atoms with E-state index in [1.807, 2.05) is 18.5 Å². The predicted octanol–water partition coefficient (Wildman–Crippen LogP) is 3.97. The highest BCUT2D eigenvalue weighted by Crippen LogP contribution is 2.21. The zero-order valence-corrected chi connectivity index (χ0v) is 9.25. The molecule has 0 aromatic rings. The normalized spacial score (nSPS) is 24.9. The van der Waals surface area contributed by atoms with E-state index in [-0.39, 0.29) is 5.41 Å². The van der Waals surface area contributed by atoms with E-state index in [2.05, 4.69) is 44.8 Å². The minimum absolute atomic E-state index is 0.170. The SMILES string of the molecule is CCC.CCC1(C)C=CC=CN=C1. The van der Waals surface area contributed by atoms with Crippen molar-refractivity contribution < 1.29 is 0 Å². The largest absolute Gasteiger partial charge is 0.268 e. The lowest BCUT2D eigenvalue weighted by Gasteiger charge is -2.16. The first kappa shape index (κ1) is 12.2. The minimum Gasteiger partial charge on any atom is -0.268 e. The molecule has 0 N–H and O–H groups in total. The fraction of sp³-hybridized carbons (Fsp3) is 0.583. The predicted molar refractivity (Wildman–Crippen MR) is 61.1 cm³/mol. The van der Waals surface area contributed by atoms with Gasteiger partial charge >= 0.3 is 0 Å². The monoisotopic (exact) mass is 179 g/mol. The van der Waals surface area contributed by atoms with Crippen LogP contribution < -0.4 is 0 Å². The second-order valence-electron chi connectivity index (χ2n) is 3.55. The van der Waals surface area contributed by atoms with Gasteiger partial charge in [-0.05, 0) is 12.5 Å². The van der Waals surface area contributed by atoms with Crippen LogP contribution in [0.2, 0.25) is 0 Å². The molecule has 0 aliphatic carbocycles. The van der Waals surface area contributed by atoms with Gasteiger partial charge in [0, 0.05) is 17.8 Å². The third kappa shape index (κ3) is 5.40. The van der Waals surface area contributed by atoms with Crippen molar-refractivity contribution in [2.45, 2.75) is 40.5 Å². The molecule has 0 radical (unpaired) electrons. The highest BCUT2D eigenvalue weighted by Gasteiger charge is 2.14. The molecule has 0 bridgehead atoms. The minimum atomic E-state index is 0.170. The van der Waals surface area contributed by atoms with Gasteiger partial charge in [0.1, 0.15) is 0 Å². The van der Waals surface area contributed by atoms with E-state index < -0.39 is 0 Å². The van der Waals surface area contributed by atoms with Crippen LogP contribution in [0.25, 0.3) is 0 Å². The van der Waals surface area contributed by atoms with Crippen molar-refractivity contribution in [3.8, 4) is 0 Å². The molecule has 74 valence electrons. The van der Waals surface area contributed by atoms with Crippen molar-refractivity contribution in [1.29, 1.82) is 0 Å². The third-order valence-corrected chi connectivity index (χ3v) is 1.89. The van der Waals surface area contributed by atoms with Crippen molar-refractivity contribution in [3.05, 3.63) is 24.4 Å². The summed E-state index contributed by atoms with van der Waals surface area (Å²) < 4.78 is 0. The van der Waals surface area contributed by atoms with E-state index in [0.29, 0.717) is 0 Å². The van der Waals surface area contributed by atoms with Crippen molar-refractivity contribution in [1.82, 2.24) is 0 Å². The fourth-order valence-corrected chi connectivity index (χ4v) is 0.840. The van der Waals surface area contributed by atoms with E-state index in [0.717, 1.165) is 6.42 Å². The van der Waals surface area contributed by atoms with Crippen LogP contribution in [-0.4, -0.2) is 6.21 Å². The van der Waals surface area contributed by atoms with Crippen molar-refractivity contribution in [2.75, 3.05) is 0 Å². The lowest BCUT2D eigenvalue weighted by molar-refractivity contribution is 0.587. The first-order valence-electron chi connectivity index (χ1n) is 5.07. The number of allylic oxidation sites excluding steroid dienone is 3. The van der Waals surface area contributed by atoms with Crippen LogP contribution in [-0.2, 0) is 0 Å². The summed E-state index contributed by atoms with van der Waals surface area (Å²) in [6, 6.07) is 0. The smallest absolute Gasteiger partial charge is 0.0264 e. The van der Waals surface area contributed by atoms with Crippen molar-refractivity contribution >= 4 is 6.21 Å². The molecule has 0 saturated carbocycles. The van der Waals surface area contributed by atoms with Crippen molar-refractivity contribution in [3.63, 3.8) is 0 Å². The zero-order chi connectivity index (χ0) is 10.2. The Bertz CT molecular complexity index is 183. The first-order chi connectivity index (χ1) is 6.18. The maximum Gasteiger partial charge on any atom is 0.0264 e. The van der Waals surface area contributed by atoms with E-state index in [1.165, 1.54) is 6.42 Å². The van der Waals surface area contributed by atoms with Crippen LogP contribution in [0.15, 0.2) is 29.4 Å². The first-order valence-corrected chi connectivity index (χ1v) is 5.07. The van der Waals surface area contributed by atoms with Gasteiger partial charge < -0.3 is 0 Å². The Labute approximate surface area is 82.3 Å². The van der Waals surface area contributed by atoms with E-state index in [1.54, 1.807) is 0 Å². The number of rotatable bonds is 1. The summed E-state index contributed by atoms with van der Waals surface area (Å²) in [5.41, 5.74) is 0.170. The van der Waals surface area contributed by atoms with Gasteiger partial charge in [0.25, 0.3) is 0 Å². The average Bonchev–Trinajstić information content (AvgIpc) is 2.32. The molecule has 13 heavy (non-hydrogen) atoms. The average molecular weight is 179 g/mol. The number of aliphatic imine (C=N–C) groups is 1. The molecule has 0 amide bonds. The zero-order valence-electron chi connectivity index (χ0n) is 9.25. The van der Waals surface area contributed by atoms with Crippen molar-refractivity contribution in [2.24, 2.45) is 10.4 Å². The summed E-state index contributed by atoms with van der Waals surface area (Å²) in [7, 11) is 0. The maximum atomic E-state index is 4.13. The molecule has 1 aliphatic rings. The lowest BCUT2D eigenvalue weighted by Crippen LogP contribution is -2.12. The van der Waals surface area contributed by atoms with Crippen LogP contribution in [0.3, 0.4) is 0 Å². The molecule has 1 atom stereocenters. The molecule has 1 unspecified atom stereocenters. The van der Waals surface area contributed by atoms with Gasteiger partial charge in [0.2, 0.25) is 0 Å². The topological polar surface area (TPSA) is 12.4 Å². The molecular formula is C12H21N. The molecule has 0 aromatic heterocycles. The van der Waals surface area contributed by atoms with Gasteiger partial charge in [-0.2, -0.15) is 0 Å². The second kappa shape index (κ2) is 6.64. The Morgan fingerprint density at radius 1 is 1.15 bits per heavy atom. The van der Waals surface area contributed by atoms with Gasteiger partial charge in [-0.1, -0.05) is 46.3 Å². The molecule has 0 aromatic carbocycles. The summed E-state index contributed by atoms with van der Waals surface area (Å²) >= 11 is 0. The quantitative estimate of drug-likeness (QED) is 0.577. The Hall–Kier alpha value is -0.850. The second-order valence-corrected chi connectivity index (χ2v) is 3.55. The van der Waals surface area contributed by atoms with Crippen LogP contribution >= 0.6 is 0 Å². The summed E-state index contributed by atoms with van der Waals surface area (Å²) in [4.78, 5) is 4.13. The van der Waals surface area contributed by atoms with Crippen LogP contribution in [0, 0.1) is 5.41 Å². The number of hydrogen-bond acceptors (Lipinski definition) is 1. The molecule has 1 heterocycles. The summed E-state index contributed by atoms with van der Waals surface area (Å²) in [5.74, 6) is 0. The van der Waals surface area contributed by atoms with E-state index >= 15 is 0 Å². The van der Waals surface area contributed by atoms with Crippen LogP contribution in [0.5, 0.6) is 0 Å². The molecule has 1 heteroatoms. The standard InChI is InChI=1S/C9H13N.C3H8/c1-3-9(2)6-4-5-7-10-8-9;1-3-2/h4-8H,3H2,1-2H3;3H2,1-2H3. The van der Waals surface area contributed by atoms with Gasteiger partial charge in [0.15, 0.2) is 0 Å². The highest BCUT2D eigenvalue weighted by atomic mass is 14.7. The Kier molecular flexibility index (Phi) is 6.21. The molecular weight excluding hydrogens is 158 g/mol. The van der Waals surface area contributed by atoms with Crippen LogP contribution in [0.4, 0.5) is 0 Å². The molecule has 0 spiro atoms. The molecule has 0 saturated heterocycles. The van der Waals surface area contributed by atoms with E-state index in [4.69, 9.17) is 0 Å². The highest BCUT2D eigenvalue weighted by molar-refractivity contribution is 5.69. The summed E-state index contributed by atoms with van der Waals surface area (Å²) in [5, 5.41) is 0. The Morgan fingerprint density at radius 3 is 2.31 bits per heavy atom. The van der Waals surface area contributed by atoms with Gasteiger partial charge in [0.05, 0.1) is 0 Å². The Morgan fingerprint density at radius 2 is 1.77 bits per heavy atom. The lowest BCUT2D eigenvalue weighted by atomic mass is 9.89. The molecule has 1 aliphatic heterocycles. The van der Waals surface area contributed by atoms with Gasteiger partial charge in [-0.3, -0.25) is 4.99 Å². The number of nitrogens with zero attached hydrogens (tertiary/aromatic N) is 1. The van der Waals surface area contributed by atoms with Gasteiger partial charge in [-0.25, -0.2) is 0 Å². The molecule has 1 nitrogen and oxygen atoms in total. The fourth-order valence-electron chi connectivity index (χ4n) is 0.840. The Balaban J connectivity index is 0.000000424. The van der Waals surface area contributed by atoms with Crippen LogP contribution in [0.1, 0.15) is 40.5 Å². The van der Waals surface area contributed by atoms with E-state index in [9.17, 15) is 0 Å². The molecule has 0 fully saturated rings.